The molecular weight excluding hydrogens is 276 g/mol. The maximum Gasteiger partial charge on any atom is 0.0901 e. The van der Waals surface area contributed by atoms with Crippen LogP contribution in [0, 0.1) is 13.8 Å². The van der Waals surface area contributed by atoms with Crippen LogP contribution < -0.4 is 5.32 Å². The second-order valence-corrected chi connectivity index (χ2v) is 6.23. The summed E-state index contributed by atoms with van der Waals surface area (Å²) in [7, 11) is 0. The number of hydrogen-bond acceptors (Lipinski definition) is 3. The average Bonchev–Trinajstić information content (AvgIpc) is 2.94. The van der Waals surface area contributed by atoms with Crippen LogP contribution in [0.2, 0.25) is 0 Å². The number of aryl methyl sites for hydroxylation is 2. The molecule has 0 atom stereocenters. The number of aromatic nitrogens is 1. The summed E-state index contributed by atoms with van der Waals surface area (Å²) in [4.78, 5) is 4.51. The number of anilines is 1. The Kier molecular flexibility index (Phi) is 4.02. The Bertz CT molecular complexity index is 712. The normalized spacial score (nSPS) is 10.6. The fraction of sp³-hybridized carbons (Fsp3) is 0.167. The van der Waals surface area contributed by atoms with Gasteiger partial charge in [-0.15, -0.1) is 11.3 Å². The Labute approximate surface area is 129 Å². The highest BCUT2D eigenvalue weighted by molar-refractivity contribution is 7.09. The summed E-state index contributed by atoms with van der Waals surface area (Å²) < 4.78 is 0. The van der Waals surface area contributed by atoms with Gasteiger partial charge in [-0.25, -0.2) is 4.98 Å². The van der Waals surface area contributed by atoms with Gasteiger partial charge in [0.1, 0.15) is 0 Å². The molecule has 3 rings (SSSR count). The molecule has 0 fully saturated rings. The summed E-state index contributed by atoms with van der Waals surface area (Å²) in [6.45, 7) is 4.98. The molecule has 0 saturated carbocycles. The lowest BCUT2D eigenvalue weighted by Gasteiger charge is -2.07. The van der Waals surface area contributed by atoms with Gasteiger partial charge < -0.3 is 5.32 Å². The standard InChI is InChI=1S/C18H18N2S/c1-13-3-5-15(6-4-13)11-19-17-9-7-16(8-10-17)18-12-21-14(2)20-18/h3-10,12,19H,11H2,1-2H3. The quantitative estimate of drug-likeness (QED) is 0.729. The maximum absolute atomic E-state index is 4.51. The minimum absolute atomic E-state index is 0.843. The predicted molar refractivity (Wildman–Crippen MR) is 90.8 cm³/mol. The van der Waals surface area contributed by atoms with Crippen LogP contribution in [0.3, 0.4) is 0 Å². The first kappa shape index (κ1) is 13.8. The first-order valence-electron chi connectivity index (χ1n) is 7.03. The lowest BCUT2D eigenvalue weighted by Crippen LogP contribution is -1.99. The molecule has 106 valence electrons. The number of nitrogens with one attached hydrogen (secondary N) is 1. The largest absolute Gasteiger partial charge is 0.381 e. The Balaban J connectivity index is 1.65. The van der Waals surface area contributed by atoms with Crippen molar-refractivity contribution in [2.45, 2.75) is 20.4 Å². The van der Waals surface area contributed by atoms with Crippen molar-refractivity contribution in [3.05, 3.63) is 70.0 Å². The van der Waals surface area contributed by atoms with Crippen molar-refractivity contribution in [1.82, 2.24) is 4.98 Å². The third-order valence-electron chi connectivity index (χ3n) is 3.42. The third kappa shape index (κ3) is 3.50. The fourth-order valence-corrected chi connectivity index (χ4v) is 2.79. The zero-order valence-electron chi connectivity index (χ0n) is 12.3. The van der Waals surface area contributed by atoms with E-state index >= 15 is 0 Å². The van der Waals surface area contributed by atoms with Crippen molar-refractivity contribution >= 4 is 17.0 Å². The van der Waals surface area contributed by atoms with Crippen LogP contribution in [-0.4, -0.2) is 4.98 Å². The summed E-state index contributed by atoms with van der Waals surface area (Å²) in [6, 6.07) is 17.1. The number of nitrogens with zero attached hydrogens (tertiary/aromatic N) is 1. The summed E-state index contributed by atoms with van der Waals surface area (Å²) in [6.07, 6.45) is 0. The molecule has 0 aliphatic rings. The highest BCUT2D eigenvalue weighted by Gasteiger charge is 2.02. The molecular formula is C18H18N2S. The van der Waals surface area contributed by atoms with Crippen LogP contribution in [0.25, 0.3) is 11.3 Å². The van der Waals surface area contributed by atoms with Crippen molar-refractivity contribution in [3.8, 4) is 11.3 Å². The third-order valence-corrected chi connectivity index (χ3v) is 4.19. The van der Waals surface area contributed by atoms with Crippen molar-refractivity contribution in [1.29, 1.82) is 0 Å². The fourth-order valence-electron chi connectivity index (χ4n) is 2.16. The molecule has 0 amide bonds. The van der Waals surface area contributed by atoms with Crippen molar-refractivity contribution in [2.24, 2.45) is 0 Å². The Morgan fingerprint density at radius 1 is 0.952 bits per heavy atom. The number of benzene rings is 2. The zero-order chi connectivity index (χ0) is 14.7. The van der Waals surface area contributed by atoms with E-state index in [-0.39, 0.29) is 0 Å². The van der Waals surface area contributed by atoms with Crippen molar-refractivity contribution in [2.75, 3.05) is 5.32 Å². The summed E-state index contributed by atoms with van der Waals surface area (Å²) in [5, 5.41) is 6.65. The molecule has 21 heavy (non-hydrogen) atoms. The molecule has 2 nitrogen and oxygen atoms in total. The highest BCUT2D eigenvalue weighted by Crippen LogP contribution is 2.23. The van der Waals surface area contributed by atoms with Gasteiger partial charge in [0.2, 0.25) is 0 Å². The first-order valence-corrected chi connectivity index (χ1v) is 7.91. The van der Waals surface area contributed by atoms with Gasteiger partial charge in [-0.05, 0) is 31.5 Å². The maximum atomic E-state index is 4.51. The molecule has 1 aromatic heterocycles. The Hall–Kier alpha value is -2.13. The molecule has 2 aromatic carbocycles. The molecule has 0 unspecified atom stereocenters. The van der Waals surface area contributed by atoms with Gasteiger partial charge in [-0.2, -0.15) is 0 Å². The van der Waals surface area contributed by atoms with Gasteiger partial charge in [0, 0.05) is 23.2 Å². The summed E-state index contributed by atoms with van der Waals surface area (Å²) in [5.41, 5.74) is 5.94. The van der Waals surface area contributed by atoms with E-state index in [2.05, 4.69) is 71.1 Å². The molecule has 0 aliphatic heterocycles. The lowest BCUT2D eigenvalue weighted by atomic mass is 10.1. The Morgan fingerprint density at radius 2 is 1.67 bits per heavy atom. The van der Waals surface area contributed by atoms with E-state index in [0.29, 0.717) is 0 Å². The van der Waals surface area contributed by atoms with Gasteiger partial charge in [0.15, 0.2) is 0 Å². The lowest BCUT2D eigenvalue weighted by molar-refractivity contribution is 1.14. The molecule has 1 N–H and O–H groups in total. The van der Waals surface area contributed by atoms with E-state index in [0.717, 1.165) is 22.9 Å². The van der Waals surface area contributed by atoms with E-state index in [1.165, 1.54) is 16.7 Å². The Morgan fingerprint density at radius 3 is 2.29 bits per heavy atom. The topological polar surface area (TPSA) is 24.9 Å². The zero-order valence-corrected chi connectivity index (χ0v) is 13.1. The monoisotopic (exact) mass is 294 g/mol. The summed E-state index contributed by atoms with van der Waals surface area (Å²) in [5.74, 6) is 0. The van der Waals surface area contributed by atoms with Crippen LogP contribution in [0.4, 0.5) is 5.69 Å². The highest BCUT2D eigenvalue weighted by atomic mass is 32.1. The van der Waals surface area contributed by atoms with Gasteiger partial charge in [-0.3, -0.25) is 0 Å². The number of hydrogen-bond donors (Lipinski definition) is 1. The second kappa shape index (κ2) is 6.10. The number of thiazole rings is 1. The van der Waals surface area contributed by atoms with E-state index in [9.17, 15) is 0 Å². The molecule has 0 aliphatic carbocycles. The minimum Gasteiger partial charge on any atom is -0.381 e. The number of rotatable bonds is 4. The molecule has 0 radical (unpaired) electrons. The first-order chi connectivity index (χ1) is 10.2. The van der Waals surface area contributed by atoms with E-state index in [4.69, 9.17) is 0 Å². The minimum atomic E-state index is 0.843. The van der Waals surface area contributed by atoms with Gasteiger partial charge in [-0.1, -0.05) is 42.0 Å². The molecule has 3 aromatic rings. The molecule has 3 heteroatoms. The van der Waals surface area contributed by atoms with Gasteiger partial charge in [0.25, 0.3) is 0 Å². The van der Waals surface area contributed by atoms with Gasteiger partial charge >= 0.3 is 0 Å². The van der Waals surface area contributed by atoms with Crippen molar-refractivity contribution < 1.29 is 0 Å². The van der Waals surface area contributed by atoms with Crippen LogP contribution in [0.15, 0.2) is 53.9 Å². The average molecular weight is 294 g/mol. The van der Waals surface area contributed by atoms with E-state index in [1.807, 2.05) is 6.92 Å². The van der Waals surface area contributed by atoms with Crippen LogP contribution >= 0.6 is 11.3 Å². The molecule has 1 heterocycles. The van der Waals surface area contributed by atoms with Gasteiger partial charge in [0.05, 0.1) is 10.7 Å². The SMILES string of the molecule is Cc1ccc(CNc2ccc(-c3csc(C)n3)cc2)cc1. The smallest absolute Gasteiger partial charge is 0.0901 e. The van der Waals surface area contributed by atoms with Crippen LogP contribution in [0.5, 0.6) is 0 Å². The van der Waals surface area contributed by atoms with Crippen LogP contribution in [-0.2, 0) is 6.54 Å². The summed E-state index contributed by atoms with van der Waals surface area (Å²) >= 11 is 1.69. The molecule has 0 saturated heterocycles. The molecule has 0 spiro atoms. The second-order valence-electron chi connectivity index (χ2n) is 5.17. The predicted octanol–water partition coefficient (Wildman–Crippen LogP) is 5.04. The van der Waals surface area contributed by atoms with E-state index in [1.54, 1.807) is 11.3 Å². The van der Waals surface area contributed by atoms with Crippen molar-refractivity contribution in [3.63, 3.8) is 0 Å². The molecule has 0 bridgehead atoms. The van der Waals surface area contributed by atoms with Crippen LogP contribution in [0.1, 0.15) is 16.1 Å². The van der Waals surface area contributed by atoms with E-state index < -0.39 is 0 Å².